The lowest BCUT2D eigenvalue weighted by molar-refractivity contribution is -0.125. The van der Waals surface area contributed by atoms with Gasteiger partial charge in [0, 0.05) is 6.20 Å². The normalized spacial score (nSPS) is 27.5. The van der Waals surface area contributed by atoms with Crippen molar-refractivity contribution in [2.24, 2.45) is 0 Å². The Bertz CT molecular complexity index is 840. The van der Waals surface area contributed by atoms with E-state index in [1.807, 2.05) is 18.3 Å². The first kappa shape index (κ1) is 20.8. The highest BCUT2D eigenvalue weighted by atomic mass is 31.2. The number of aromatic nitrogens is 2. The van der Waals surface area contributed by atoms with Gasteiger partial charge in [-0.2, -0.15) is 0 Å². The maximum atomic E-state index is 12.1. The monoisotopic (exact) mass is 388 g/mol. The van der Waals surface area contributed by atoms with Crippen LogP contribution >= 0.6 is 6.89 Å². The second-order valence-corrected chi connectivity index (χ2v) is 11.6. The molecule has 0 aliphatic carbocycles. The second kappa shape index (κ2) is 7.62. The van der Waals surface area contributed by atoms with Crippen molar-refractivity contribution in [2.75, 3.05) is 19.5 Å². The molecule has 2 rings (SSSR count). The molecule has 9 nitrogen and oxygen atoms in total. The fraction of sp³-hybridized carbons (Fsp3) is 0.625. The maximum Gasteiger partial charge on any atom is 0.330 e. The largest absolute Gasteiger partial charge is 0.388 e. The molecule has 1 saturated heterocycles. The molecule has 0 spiro atoms. The van der Waals surface area contributed by atoms with Crippen LogP contribution in [0.25, 0.3) is 0 Å². The van der Waals surface area contributed by atoms with Gasteiger partial charge in [0.25, 0.3) is 5.56 Å². The number of aromatic amines is 1. The van der Waals surface area contributed by atoms with Crippen molar-refractivity contribution in [1.82, 2.24) is 9.55 Å². The van der Waals surface area contributed by atoms with Crippen LogP contribution in [0.5, 0.6) is 0 Å². The van der Waals surface area contributed by atoms with Crippen LogP contribution < -0.4 is 11.2 Å². The number of nitrogens with zero attached hydrogens (tertiary/aromatic N) is 1. The van der Waals surface area contributed by atoms with Gasteiger partial charge in [0.1, 0.15) is 18.3 Å². The average Bonchev–Trinajstić information content (AvgIpc) is 2.80. The van der Waals surface area contributed by atoms with Crippen LogP contribution in [0.15, 0.2) is 15.8 Å². The number of aliphatic hydroxyl groups is 3. The van der Waals surface area contributed by atoms with E-state index in [0.29, 0.717) is 6.42 Å². The lowest BCUT2D eigenvalue weighted by Crippen LogP contribution is -2.39. The third kappa shape index (κ3) is 4.42. The summed E-state index contributed by atoms with van der Waals surface area (Å²) in [5, 5.41) is 30.3. The molecule has 0 bridgehead atoms. The van der Waals surface area contributed by atoms with Crippen LogP contribution in [0.2, 0.25) is 0 Å². The first-order valence-electron chi connectivity index (χ1n) is 8.15. The van der Waals surface area contributed by atoms with Gasteiger partial charge in [-0.25, -0.2) is 4.79 Å². The molecule has 1 aliphatic rings. The van der Waals surface area contributed by atoms with E-state index in [1.54, 1.807) is 0 Å². The Morgan fingerprint density at radius 2 is 2.00 bits per heavy atom. The van der Waals surface area contributed by atoms with E-state index in [0.717, 1.165) is 23.8 Å². The smallest absolute Gasteiger partial charge is 0.330 e. The zero-order valence-electron chi connectivity index (χ0n) is 15.0. The van der Waals surface area contributed by atoms with Gasteiger partial charge < -0.3 is 20.1 Å². The zero-order chi connectivity index (χ0) is 19.8. The first-order chi connectivity index (χ1) is 11.9. The molecule has 0 amide bonds. The van der Waals surface area contributed by atoms with Gasteiger partial charge >= 0.3 is 5.69 Å². The number of hydrogen-bond acceptors (Lipinski definition) is 7. The summed E-state index contributed by atoms with van der Waals surface area (Å²) in [5.74, 6) is -0.673. The quantitative estimate of drug-likeness (QED) is 0.452. The molecule has 1 aromatic rings. The molecule has 2 heterocycles. The van der Waals surface area contributed by atoms with Crippen LogP contribution in [0.4, 0.5) is 0 Å². The van der Waals surface area contributed by atoms with E-state index < -0.39 is 54.6 Å². The first-order valence-corrected chi connectivity index (χ1v) is 11.2. The minimum atomic E-state index is -1.71. The molecule has 5 atom stereocenters. The third-order valence-corrected chi connectivity index (χ3v) is 5.77. The van der Waals surface area contributed by atoms with Crippen molar-refractivity contribution in [3.8, 4) is 0 Å². The van der Waals surface area contributed by atoms with Crippen LogP contribution in [0, 0.1) is 0 Å². The fourth-order valence-electron chi connectivity index (χ4n) is 2.78. The molecule has 4 N–H and O–H groups in total. The zero-order valence-corrected chi connectivity index (χ0v) is 15.8. The Morgan fingerprint density at radius 3 is 2.54 bits per heavy atom. The van der Waals surface area contributed by atoms with Crippen molar-refractivity contribution in [1.29, 1.82) is 0 Å². The number of ether oxygens (including phenoxy) is 1. The van der Waals surface area contributed by atoms with Gasteiger partial charge in [0.15, 0.2) is 12.0 Å². The Kier molecular flexibility index (Phi) is 6.09. The highest BCUT2D eigenvalue weighted by Gasteiger charge is 2.44. The van der Waals surface area contributed by atoms with Crippen molar-refractivity contribution in [2.45, 2.75) is 44.0 Å². The fourth-order valence-corrected chi connectivity index (χ4v) is 3.73. The summed E-state index contributed by atoms with van der Waals surface area (Å²) in [6, 6.07) is 0. The number of Topliss-reactive ketones (excluding diaryl/α,β-unsaturated/α-hetero) is 1. The number of aliphatic hydroxyl groups excluding tert-OH is 3. The molecule has 3 unspecified atom stereocenters. The van der Waals surface area contributed by atoms with Gasteiger partial charge in [0.05, 0.1) is 11.7 Å². The minimum Gasteiger partial charge on any atom is -0.388 e. The maximum absolute atomic E-state index is 12.1. The van der Waals surface area contributed by atoms with E-state index in [4.69, 9.17) is 4.74 Å². The number of H-pyrrole nitrogens is 1. The van der Waals surface area contributed by atoms with Crippen molar-refractivity contribution >= 4 is 19.0 Å². The molecule has 1 aliphatic heterocycles. The Labute approximate surface area is 150 Å². The molecule has 0 aromatic carbocycles. The molecule has 146 valence electrons. The van der Waals surface area contributed by atoms with E-state index in [9.17, 15) is 29.7 Å². The number of rotatable bonds is 6. The number of ketones is 1. The van der Waals surface area contributed by atoms with Crippen LogP contribution in [0.3, 0.4) is 0 Å². The highest BCUT2D eigenvalue weighted by molar-refractivity contribution is 7.72. The highest BCUT2D eigenvalue weighted by Crippen LogP contribution is 2.39. The van der Waals surface area contributed by atoms with E-state index in [1.165, 1.54) is 0 Å². The molecule has 1 aromatic heterocycles. The molecular weight excluding hydrogens is 363 g/mol. The SMILES string of the molecule is C=P(C)(C)CCC1OC(n2cc(C(O)C(C)=O)c(=O)[nH]c2=O)[C@H](O)[C@@H]1O. The number of carbonyl (C=O) groups excluding carboxylic acids is 1. The van der Waals surface area contributed by atoms with Gasteiger partial charge in [-0.1, -0.05) is 0 Å². The molecule has 10 heteroatoms. The lowest BCUT2D eigenvalue weighted by Gasteiger charge is -2.19. The van der Waals surface area contributed by atoms with Gasteiger partial charge in [-0.05, 0) is 32.8 Å². The Morgan fingerprint density at radius 1 is 1.38 bits per heavy atom. The van der Waals surface area contributed by atoms with Crippen LogP contribution in [0.1, 0.15) is 31.2 Å². The lowest BCUT2D eigenvalue weighted by atomic mass is 10.1. The molecular formula is C16H25N2O7P. The van der Waals surface area contributed by atoms with E-state index in [2.05, 4.69) is 6.30 Å². The van der Waals surface area contributed by atoms with E-state index >= 15 is 0 Å². The summed E-state index contributed by atoms with van der Waals surface area (Å²) >= 11 is 0. The summed E-state index contributed by atoms with van der Waals surface area (Å²) in [5.41, 5.74) is -2.12. The van der Waals surface area contributed by atoms with Crippen molar-refractivity contribution in [3.63, 3.8) is 0 Å². The average molecular weight is 388 g/mol. The molecule has 1 fully saturated rings. The number of nitrogens with one attached hydrogen (secondary N) is 1. The summed E-state index contributed by atoms with van der Waals surface area (Å²) in [6.45, 7) is 3.80. The summed E-state index contributed by atoms with van der Waals surface area (Å²) in [6.07, 6.45) is -0.0283. The van der Waals surface area contributed by atoms with Crippen LogP contribution in [-0.2, 0) is 9.53 Å². The number of carbonyl (C=O) groups is 1. The van der Waals surface area contributed by atoms with Crippen molar-refractivity contribution < 1.29 is 24.9 Å². The second-order valence-electron chi connectivity index (χ2n) is 7.26. The summed E-state index contributed by atoms with van der Waals surface area (Å²) < 4.78 is 6.52. The van der Waals surface area contributed by atoms with E-state index in [-0.39, 0.29) is 5.56 Å². The standard InChI is InChI=1S/C16H25N2O7P/c1-8(19)11(20)9-7-18(16(24)17-14(9)23)15-13(22)12(21)10(25-15)5-6-26(2,3)4/h7,10-13,15,20-22H,2,5-6H2,1,3-4H3,(H,17,23,24)/t10?,11?,12-,13-,15?/m1/s1. The predicted molar refractivity (Wildman–Crippen MR) is 98.3 cm³/mol. The third-order valence-electron chi connectivity index (χ3n) is 4.31. The van der Waals surface area contributed by atoms with Gasteiger partial charge in [-0.15, -0.1) is 13.2 Å². The summed E-state index contributed by atoms with van der Waals surface area (Å²) in [4.78, 5) is 37.3. The predicted octanol–water partition coefficient (Wildman–Crippen LogP) is -1.12. The molecule has 0 saturated carbocycles. The number of hydrogen-bond donors (Lipinski definition) is 4. The topological polar surface area (TPSA) is 142 Å². The molecule has 0 radical (unpaired) electrons. The van der Waals surface area contributed by atoms with Crippen molar-refractivity contribution in [3.05, 3.63) is 32.6 Å². The Balaban J connectivity index is 2.34. The van der Waals surface area contributed by atoms with Crippen LogP contribution in [-0.4, -0.2) is 74.8 Å². The Hall–Kier alpha value is -1.51. The summed E-state index contributed by atoms with van der Waals surface area (Å²) in [7, 11) is 0. The van der Waals surface area contributed by atoms with Gasteiger partial charge in [0.2, 0.25) is 0 Å². The minimum absolute atomic E-state index is 0.337. The molecule has 26 heavy (non-hydrogen) atoms. The van der Waals surface area contributed by atoms with Gasteiger partial charge in [-0.3, -0.25) is 19.1 Å².